The smallest absolute Gasteiger partial charge is 0.175 e. The van der Waals surface area contributed by atoms with Gasteiger partial charge in [0, 0.05) is 5.92 Å². The Labute approximate surface area is 128 Å². The summed E-state index contributed by atoms with van der Waals surface area (Å²) in [6, 6.07) is 5.49. The van der Waals surface area contributed by atoms with Crippen LogP contribution in [0.3, 0.4) is 0 Å². The molecule has 1 saturated carbocycles. The number of nitrogens with two attached hydrogens (primary N) is 1. The highest BCUT2D eigenvalue weighted by Gasteiger charge is 2.32. The molecule has 0 saturated heterocycles. The lowest BCUT2D eigenvalue weighted by atomic mass is 9.90. The Balaban J connectivity index is 2.08. The fourth-order valence-electron chi connectivity index (χ4n) is 3.05. The van der Waals surface area contributed by atoms with Gasteiger partial charge < -0.3 is 10.3 Å². The van der Waals surface area contributed by atoms with E-state index in [2.05, 4.69) is 12.1 Å². The third-order valence-electron chi connectivity index (χ3n) is 4.15. The average molecular weight is 311 g/mol. The largest absolute Gasteiger partial charge is 0.380 e. The van der Waals surface area contributed by atoms with E-state index < -0.39 is 0 Å². The lowest BCUT2D eigenvalue weighted by Crippen LogP contribution is -2.02. The first-order valence-electron chi connectivity index (χ1n) is 6.78. The zero-order valence-electron chi connectivity index (χ0n) is 11.2. The van der Waals surface area contributed by atoms with Crippen LogP contribution in [0.5, 0.6) is 0 Å². The summed E-state index contributed by atoms with van der Waals surface area (Å²) in [4.78, 5) is 0. The SMILES string of the molecule is CC1CCCC1c1onc(N)c1-c1ccc(Cl)c(Cl)c1. The summed E-state index contributed by atoms with van der Waals surface area (Å²) in [5, 5.41) is 4.99. The van der Waals surface area contributed by atoms with Crippen LogP contribution < -0.4 is 5.73 Å². The van der Waals surface area contributed by atoms with Crippen molar-refractivity contribution in [2.45, 2.75) is 32.1 Å². The summed E-state index contributed by atoms with van der Waals surface area (Å²) in [6.45, 7) is 2.25. The Morgan fingerprint density at radius 1 is 1.25 bits per heavy atom. The monoisotopic (exact) mass is 310 g/mol. The van der Waals surface area contributed by atoms with Crippen LogP contribution in [0.2, 0.25) is 10.0 Å². The molecule has 1 heterocycles. The summed E-state index contributed by atoms with van der Waals surface area (Å²) in [5.41, 5.74) is 7.77. The number of rotatable bonds is 2. The summed E-state index contributed by atoms with van der Waals surface area (Å²) >= 11 is 12.1. The molecule has 2 atom stereocenters. The van der Waals surface area contributed by atoms with E-state index in [4.69, 9.17) is 33.5 Å². The molecule has 0 radical (unpaired) electrons. The van der Waals surface area contributed by atoms with Gasteiger partial charge in [-0.1, -0.05) is 47.8 Å². The highest BCUT2D eigenvalue weighted by molar-refractivity contribution is 6.42. The Kier molecular flexibility index (Phi) is 3.65. The van der Waals surface area contributed by atoms with Gasteiger partial charge in [-0.2, -0.15) is 0 Å². The van der Waals surface area contributed by atoms with Crippen molar-refractivity contribution in [2.75, 3.05) is 5.73 Å². The molecule has 0 aliphatic heterocycles. The Morgan fingerprint density at radius 3 is 2.70 bits per heavy atom. The van der Waals surface area contributed by atoms with Crippen molar-refractivity contribution >= 4 is 29.0 Å². The van der Waals surface area contributed by atoms with Crippen LogP contribution in [0, 0.1) is 5.92 Å². The first-order valence-corrected chi connectivity index (χ1v) is 7.54. The number of hydrogen-bond acceptors (Lipinski definition) is 3. The van der Waals surface area contributed by atoms with Gasteiger partial charge in [0.25, 0.3) is 0 Å². The number of nitrogen functional groups attached to an aromatic ring is 1. The zero-order valence-corrected chi connectivity index (χ0v) is 12.7. The molecule has 106 valence electrons. The minimum absolute atomic E-state index is 0.379. The second-order valence-electron chi connectivity index (χ2n) is 5.45. The van der Waals surface area contributed by atoms with E-state index in [1.807, 2.05) is 12.1 Å². The first-order chi connectivity index (χ1) is 9.58. The lowest BCUT2D eigenvalue weighted by Gasteiger charge is -2.14. The Morgan fingerprint density at radius 2 is 2.05 bits per heavy atom. The van der Waals surface area contributed by atoms with Crippen LogP contribution in [-0.4, -0.2) is 5.16 Å². The molecule has 0 amide bonds. The normalized spacial score (nSPS) is 22.4. The third-order valence-corrected chi connectivity index (χ3v) is 4.89. The molecule has 2 unspecified atom stereocenters. The lowest BCUT2D eigenvalue weighted by molar-refractivity contribution is 0.341. The van der Waals surface area contributed by atoms with E-state index in [1.165, 1.54) is 12.8 Å². The molecule has 1 aliphatic rings. The van der Waals surface area contributed by atoms with Crippen LogP contribution in [-0.2, 0) is 0 Å². The van der Waals surface area contributed by atoms with Gasteiger partial charge in [-0.15, -0.1) is 0 Å². The molecular formula is C15H16Cl2N2O. The summed E-state index contributed by atoms with van der Waals surface area (Å²) in [6.07, 6.45) is 3.55. The van der Waals surface area contributed by atoms with Crippen LogP contribution in [0.15, 0.2) is 22.7 Å². The molecule has 0 spiro atoms. The topological polar surface area (TPSA) is 52.0 Å². The van der Waals surface area contributed by atoms with Gasteiger partial charge in [0.05, 0.1) is 15.6 Å². The van der Waals surface area contributed by atoms with Crippen molar-refractivity contribution in [2.24, 2.45) is 5.92 Å². The first kappa shape index (κ1) is 13.8. The third kappa shape index (κ3) is 2.29. The molecule has 1 aromatic carbocycles. The highest BCUT2D eigenvalue weighted by Crippen LogP contribution is 2.45. The second-order valence-corrected chi connectivity index (χ2v) is 6.27. The van der Waals surface area contributed by atoms with Gasteiger partial charge in [0.15, 0.2) is 5.82 Å². The van der Waals surface area contributed by atoms with E-state index in [0.717, 1.165) is 23.3 Å². The van der Waals surface area contributed by atoms with Crippen LogP contribution in [0.25, 0.3) is 11.1 Å². The fourth-order valence-corrected chi connectivity index (χ4v) is 3.34. The quantitative estimate of drug-likeness (QED) is 0.836. The van der Waals surface area contributed by atoms with Crippen molar-refractivity contribution < 1.29 is 4.52 Å². The van der Waals surface area contributed by atoms with Crippen LogP contribution in [0.1, 0.15) is 37.9 Å². The Bertz CT molecular complexity index is 639. The van der Waals surface area contributed by atoms with E-state index in [0.29, 0.717) is 27.7 Å². The van der Waals surface area contributed by atoms with E-state index >= 15 is 0 Å². The summed E-state index contributed by atoms with van der Waals surface area (Å²) in [7, 11) is 0. The predicted octanol–water partition coefficient (Wildman–Crippen LogP) is 5.13. The minimum atomic E-state index is 0.379. The Hall–Kier alpha value is -1.19. The van der Waals surface area contributed by atoms with Crippen LogP contribution in [0.4, 0.5) is 5.82 Å². The summed E-state index contributed by atoms with van der Waals surface area (Å²) < 4.78 is 5.52. The average Bonchev–Trinajstić information content (AvgIpc) is 2.99. The van der Waals surface area contributed by atoms with Crippen molar-refractivity contribution in [1.82, 2.24) is 5.16 Å². The number of benzene rings is 1. The highest BCUT2D eigenvalue weighted by atomic mass is 35.5. The molecule has 3 nitrogen and oxygen atoms in total. The molecule has 5 heteroatoms. The molecule has 2 aromatic rings. The van der Waals surface area contributed by atoms with Gasteiger partial charge in [-0.25, -0.2) is 0 Å². The molecule has 0 bridgehead atoms. The van der Waals surface area contributed by atoms with Gasteiger partial charge in [0.1, 0.15) is 5.76 Å². The van der Waals surface area contributed by atoms with Gasteiger partial charge in [0.2, 0.25) is 0 Å². The number of hydrogen-bond donors (Lipinski definition) is 1. The van der Waals surface area contributed by atoms with Crippen molar-refractivity contribution in [3.63, 3.8) is 0 Å². The minimum Gasteiger partial charge on any atom is -0.380 e. The predicted molar refractivity (Wildman–Crippen MR) is 82.1 cm³/mol. The van der Waals surface area contributed by atoms with E-state index in [9.17, 15) is 0 Å². The second kappa shape index (κ2) is 5.30. The molecule has 20 heavy (non-hydrogen) atoms. The maximum atomic E-state index is 6.10. The fraction of sp³-hybridized carbons (Fsp3) is 0.400. The van der Waals surface area contributed by atoms with Gasteiger partial charge >= 0.3 is 0 Å². The number of halogens is 2. The number of nitrogens with zero attached hydrogens (tertiary/aromatic N) is 1. The van der Waals surface area contributed by atoms with Crippen molar-refractivity contribution in [3.8, 4) is 11.1 Å². The van der Waals surface area contributed by atoms with Crippen LogP contribution >= 0.6 is 23.2 Å². The van der Waals surface area contributed by atoms with E-state index in [-0.39, 0.29) is 0 Å². The molecular weight excluding hydrogens is 295 g/mol. The van der Waals surface area contributed by atoms with Crippen molar-refractivity contribution in [1.29, 1.82) is 0 Å². The van der Waals surface area contributed by atoms with Crippen molar-refractivity contribution in [3.05, 3.63) is 34.0 Å². The zero-order chi connectivity index (χ0) is 14.3. The molecule has 2 N–H and O–H groups in total. The molecule has 1 aliphatic carbocycles. The molecule has 1 fully saturated rings. The maximum Gasteiger partial charge on any atom is 0.175 e. The molecule has 1 aromatic heterocycles. The molecule has 3 rings (SSSR count). The van der Waals surface area contributed by atoms with Gasteiger partial charge in [-0.05, 0) is 36.5 Å². The number of anilines is 1. The summed E-state index contributed by atoms with van der Waals surface area (Å²) in [5.74, 6) is 2.26. The van der Waals surface area contributed by atoms with Gasteiger partial charge in [-0.3, -0.25) is 0 Å². The maximum absolute atomic E-state index is 6.10. The number of aromatic nitrogens is 1. The van der Waals surface area contributed by atoms with E-state index in [1.54, 1.807) is 6.07 Å². The standard InChI is InChI=1S/C15H16Cl2N2O/c1-8-3-2-4-10(8)14-13(15(18)19-20-14)9-5-6-11(16)12(17)7-9/h5-8,10H,2-4H2,1H3,(H2,18,19).